The highest BCUT2D eigenvalue weighted by Crippen LogP contribution is 2.52. The SMILES string of the molecule is c1ccc(-c2nc(-c3ccc(-c4ccc5ccccc5c4)cc3)nc(-c3cc(-c4ccccc4)c4c(c3)-c3cccc5cccc-4c35)n2)cc1. The van der Waals surface area contributed by atoms with Crippen molar-refractivity contribution >= 4 is 21.5 Å². The lowest BCUT2D eigenvalue weighted by Crippen LogP contribution is -2.01. The van der Waals surface area contributed by atoms with Gasteiger partial charge in [0.05, 0.1) is 0 Å². The summed E-state index contributed by atoms with van der Waals surface area (Å²) >= 11 is 0. The van der Waals surface area contributed by atoms with Crippen LogP contribution in [0.25, 0.3) is 100 Å². The molecule has 50 heavy (non-hydrogen) atoms. The van der Waals surface area contributed by atoms with Crippen molar-refractivity contribution in [2.24, 2.45) is 0 Å². The Kier molecular flexibility index (Phi) is 6.49. The average Bonchev–Trinajstić information content (AvgIpc) is 3.53. The Morgan fingerprint density at radius 1 is 0.260 bits per heavy atom. The molecule has 0 saturated carbocycles. The predicted molar refractivity (Wildman–Crippen MR) is 206 cm³/mol. The number of hydrogen-bond donors (Lipinski definition) is 0. The van der Waals surface area contributed by atoms with Gasteiger partial charge in [-0.05, 0) is 84.3 Å². The van der Waals surface area contributed by atoms with Crippen LogP contribution in [-0.2, 0) is 0 Å². The van der Waals surface area contributed by atoms with Crippen LogP contribution in [-0.4, -0.2) is 15.0 Å². The van der Waals surface area contributed by atoms with Crippen LogP contribution < -0.4 is 0 Å². The lowest BCUT2D eigenvalue weighted by molar-refractivity contribution is 1.07. The first-order valence-electron chi connectivity index (χ1n) is 16.9. The molecule has 3 nitrogen and oxygen atoms in total. The zero-order valence-electron chi connectivity index (χ0n) is 27.1. The molecule has 8 aromatic carbocycles. The molecule has 1 aliphatic rings. The van der Waals surface area contributed by atoms with E-state index in [1.807, 2.05) is 18.2 Å². The highest BCUT2D eigenvalue weighted by molar-refractivity contribution is 6.18. The highest BCUT2D eigenvalue weighted by Gasteiger charge is 2.26. The maximum atomic E-state index is 5.18. The second-order valence-electron chi connectivity index (χ2n) is 12.8. The third-order valence-electron chi connectivity index (χ3n) is 9.84. The summed E-state index contributed by atoms with van der Waals surface area (Å²) in [5.41, 5.74) is 12.5. The van der Waals surface area contributed by atoms with Crippen molar-refractivity contribution in [1.29, 1.82) is 0 Å². The molecule has 0 unspecified atom stereocenters. The van der Waals surface area contributed by atoms with E-state index in [9.17, 15) is 0 Å². The molecule has 0 fully saturated rings. The quantitative estimate of drug-likeness (QED) is 0.189. The summed E-state index contributed by atoms with van der Waals surface area (Å²) in [5.74, 6) is 1.94. The summed E-state index contributed by atoms with van der Waals surface area (Å²) in [4.78, 5) is 15.3. The monoisotopic (exact) mass is 635 g/mol. The van der Waals surface area contributed by atoms with Gasteiger partial charge in [0.15, 0.2) is 17.5 Å². The number of fused-ring (bicyclic) bond motifs is 4. The molecule has 0 aliphatic heterocycles. The van der Waals surface area contributed by atoms with Crippen molar-refractivity contribution in [2.75, 3.05) is 0 Å². The fraction of sp³-hybridized carbons (Fsp3) is 0. The first kappa shape index (κ1) is 28.3. The Morgan fingerprint density at radius 3 is 1.50 bits per heavy atom. The Hall–Kier alpha value is -6.71. The van der Waals surface area contributed by atoms with Gasteiger partial charge in [-0.25, -0.2) is 15.0 Å². The molecule has 0 N–H and O–H groups in total. The zero-order chi connectivity index (χ0) is 33.0. The molecule has 0 radical (unpaired) electrons. The molecule has 1 aliphatic carbocycles. The highest BCUT2D eigenvalue weighted by atomic mass is 15.0. The summed E-state index contributed by atoms with van der Waals surface area (Å²) in [6, 6.07) is 62.2. The molecule has 0 spiro atoms. The van der Waals surface area contributed by atoms with Crippen LogP contribution in [0.5, 0.6) is 0 Å². The average molecular weight is 636 g/mol. The van der Waals surface area contributed by atoms with Gasteiger partial charge in [-0.1, -0.05) is 158 Å². The van der Waals surface area contributed by atoms with Crippen molar-refractivity contribution in [3.8, 4) is 78.7 Å². The van der Waals surface area contributed by atoms with E-state index in [4.69, 9.17) is 15.0 Å². The molecule has 3 heteroatoms. The van der Waals surface area contributed by atoms with Crippen LogP contribution in [0, 0.1) is 0 Å². The van der Waals surface area contributed by atoms with Crippen LogP contribution in [0.15, 0.2) is 176 Å². The van der Waals surface area contributed by atoms with Gasteiger partial charge in [-0.3, -0.25) is 0 Å². The van der Waals surface area contributed by atoms with Gasteiger partial charge in [-0.2, -0.15) is 0 Å². The normalized spacial score (nSPS) is 11.6. The molecule has 9 aromatic rings. The van der Waals surface area contributed by atoms with E-state index in [0.29, 0.717) is 17.5 Å². The molecule has 0 saturated heterocycles. The molecule has 0 amide bonds. The fourth-order valence-corrected chi connectivity index (χ4v) is 7.42. The van der Waals surface area contributed by atoms with E-state index >= 15 is 0 Å². The maximum Gasteiger partial charge on any atom is 0.164 e. The van der Waals surface area contributed by atoms with Gasteiger partial charge >= 0.3 is 0 Å². The van der Waals surface area contributed by atoms with Gasteiger partial charge in [0.2, 0.25) is 0 Å². The van der Waals surface area contributed by atoms with Crippen LogP contribution in [0.1, 0.15) is 0 Å². The molecular weight excluding hydrogens is 607 g/mol. The molecule has 0 atom stereocenters. The smallest absolute Gasteiger partial charge is 0.164 e. The van der Waals surface area contributed by atoms with Crippen LogP contribution >= 0.6 is 0 Å². The number of benzene rings is 8. The first-order valence-corrected chi connectivity index (χ1v) is 16.9. The Labute approximate surface area is 290 Å². The third-order valence-corrected chi connectivity index (χ3v) is 9.84. The summed E-state index contributed by atoms with van der Waals surface area (Å²) in [5, 5.41) is 5.01. The fourth-order valence-electron chi connectivity index (χ4n) is 7.42. The van der Waals surface area contributed by atoms with E-state index < -0.39 is 0 Å². The first-order chi connectivity index (χ1) is 24.8. The molecule has 0 bridgehead atoms. The van der Waals surface area contributed by atoms with Crippen molar-refractivity contribution in [3.63, 3.8) is 0 Å². The summed E-state index contributed by atoms with van der Waals surface area (Å²) < 4.78 is 0. The van der Waals surface area contributed by atoms with Crippen molar-refractivity contribution in [3.05, 3.63) is 176 Å². The van der Waals surface area contributed by atoms with Crippen LogP contribution in [0.4, 0.5) is 0 Å². The second kappa shape index (κ2) is 11.5. The molecule has 232 valence electrons. The van der Waals surface area contributed by atoms with E-state index in [2.05, 4.69) is 158 Å². The topological polar surface area (TPSA) is 38.7 Å². The molecule has 1 heterocycles. The van der Waals surface area contributed by atoms with Crippen molar-refractivity contribution in [2.45, 2.75) is 0 Å². The second-order valence-corrected chi connectivity index (χ2v) is 12.8. The maximum absolute atomic E-state index is 5.18. The molecule has 10 rings (SSSR count). The number of nitrogens with zero attached hydrogens (tertiary/aromatic N) is 3. The summed E-state index contributed by atoms with van der Waals surface area (Å²) in [6.45, 7) is 0. The standard InChI is InChI=1S/C47H29N3/c1-3-12-32(13-4-1)41-28-38(29-42-39-19-9-17-33-18-10-20-40(43(33)39)44(41)42)47-49-45(34-14-5-2-6-15-34)48-46(50-47)35-24-21-31(22-25-35)37-26-23-30-11-7-8-16-36(30)27-37/h1-29H. The largest absolute Gasteiger partial charge is 0.208 e. The number of hydrogen-bond acceptors (Lipinski definition) is 3. The summed E-state index contributed by atoms with van der Waals surface area (Å²) in [7, 11) is 0. The number of rotatable bonds is 5. The molecular formula is C47H29N3. The minimum Gasteiger partial charge on any atom is -0.208 e. The Balaban J connectivity index is 1.15. The van der Waals surface area contributed by atoms with Crippen molar-refractivity contribution in [1.82, 2.24) is 15.0 Å². The third kappa shape index (κ3) is 4.71. The van der Waals surface area contributed by atoms with Gasteiger partial charge in [0.25, 0.3) is 0 Å². The van der Waals surface area contributed by atoms with Crippen LogP contribution in [0.3, 0.4) is 0 Å². The van der Waals surface area contributed by atoms with E-state index in [-0.39, 0.29) is 0 Å². The van der Waals surface area contributed by atoms with E-state index in [1.54, 1.807) is 0 Å². The van der Waals surface area contributed by atoms with Gasteiger partial charge in [-0.15, -0.1) is 0 Å². The minimum absolute atomic E-state index is 0.645. The lowest BCUT2D eigenvalue weighted by Gasteiger charge is -2.15. The summed E-state index contributed by atoms with van der Waals surface area (Å²) in [6.07, 6.45) is 0. The van der Waals surface area contributed by atoms with Crippen molar-refractivity contribution < 1.29 is 0 Å². The zero-order valence-corrected chi connectivity index (χ0v) is 27.1. The van der Waals surface area contributed by atoms with E-state index in [1.165, 1.54) is 54.9 Å². The van der Waals surface area contributed by atoms with Crippen LogP contribution in [0.2, 0.25) is 0 Å². The predicted octanol–water partition coefficient (Wildman–Crippen LogP) is 12.2. The number of aromatic nitrogens is 3. The van der Waals surface area contributed by atoms with Gasteiger partial charge in [0.1, 0.15) is 0 Å². The van der Waals surface area contributed by atoms with Gasteiger partial charge in [0, 0.05) is 16.7 Å². The Bertz CT molecular complexity index is 2730. The lowest BCUT2D eigenvalue weighted by atomic mass is 9.91. The van der Waals surface area contributed by atoms with Gasteiger partial charge < -0.3 is 0 Å². The molecule has 1 aromatic heterocycles. The minimum atomic E-state index is 0.645. The van der Waals surface area contributed by atoms with E-state index in [0.717, 1.165) is 27.8 Å². The Morgan fingerprint density at radius 2 is 0.780 bits per heavy atom.